The average molecular weight is 370 g/mol. The molecule has 0 aromatic heterocycles. The van der Waals surface area contributed by atoms with Crippen LogP contribution in [-0.4, -0.2) is 55.4 Å². The van der Waals surface area contributed by atoms with E-state index in [9.17, 15) is 25.2 Å². The second-order valence-electron chi connectivity index (χ2n) is 7.32. The molecule has 0 rings (SSSR count). The van der Waals surface area contributed by atoms with Crippen LogP contribution < -0.4 is 0 Å². The van der Waals surface area contributed by atoms with Crippen molar-refractivity contribution in [3.63, 3.8) is 0 Å². The van der Waals surface area contributed by atoms with Gasteiger partial charge in [0.1, 0.15) is 6.10 Å². The van der Waals surface area contributed by atoms with E-state index in [1.54, 1.807) is 26.0 Å². The van der Waals surface area contributed by atoms with Crippen LogP contribution in [-0.2, 0) is 4.79 Å². The summed E-state index contributed by atoms with van der Waals surface area (Å²) in [7, 11) is 0. The number of aliphatic carboxylic acids is 1. The zero-order valence-corrected chi connectivity index (χ0v) is 16.8. The first-order valence-corrected chi connectivity index (χ1v) is 8.76. The predicted molar refractivity (Wildman–Crippen MR) is 102 cm³/mol. The van der Waals surface area contributed by atoms with Gasteiger partial charge in [0.25, 0.3) is 0 Å². The molecule has 0 aliphatic carbocycles. The van der Waals surface area contributed by atoms with Gasteiger partial charge in [0.05, 0.1) is 12.2 Å². The summed E-state index contributed by atoms with van der Waals surface area (Å²) in [5, 5.41) is 49.6. The Morgan fingerprint density at radius 1 is 0.885 bits per heavy atom. The van der Waals surface area contributed by atoms with Crippen molar-refractivity contribution in [3.05, 3.63) is 34.9 Å². The second kappa shape index (κ2) is 10.0. The predicted octanol–water partition coefficient (Wildman–Crippen LogP) is 2.04. The highest BCUT2D eigenvalue weighted by Gasteiger charge is 2.39. The van der Waals surface area contributed by atoms with Crippen LogP contribution in [0.3, 0.4) is 0 Å². The Morgan fingerprint density at radius 2 is 1.27 bits per heavy atom. The Hall–Kier alpha value is -1.47. The normalized spacial score (nSPS) is 22.2. The summed E-state index contributed by atoms with van der Waals surface area (Å²) in [6.07, 6.45) is 2.09. The molecule has 0 bridgehead atoms. The van der Waals surface area contributed by atoms with Crippen molar-refractivity contribution < 1.29 is 30.3 Å². The van der Waals surface area contributed by atoms with Gasteiger partial charge in [0.15, 0.2) is 5.60 Å². The van der Waals surface area contributed by atoms with Crippen LogP contribution >= 0.6 is 0 Å². The summed E-state index contributed by atoms with van der Waals surface area (Å²) in [6.45, 7) is 11.6. The summed E-state index contributed by atoms with van der Waals surface area (Å²) in [5.74, 6) is -2.13. The minimum absolute atomic E-state index is 0.184. The van der Waals surface area contributed by atoms with Gasteiger partial charge < -0.3 is 25.5 Å². The molecule has 6 heteroatoms. The summed E-state index contributed by atoms with van der Waals surface area (Å²) in [6, 6.07) is 0. The van der Waals surface area contributed by atoms with Crippen LogP contribution in [0.5, 0.6) is 0 Å². The molecule has 6 nitrogen and oxygen atoms in total. The molecule has 0 aliphatic heterocycles. The van der Waals surface area contributed by atoms with Gasteiger partial charge in [-0.15, -0.1) is 0 Å². The summed E-state index contributed by atoms with van der Waals surface area (Å²) in [4.78, 5) is 11.0. The monoisotopic (exact) mass is 370 g/mol. The summed E-state index contributed by atoms with van der Waals surface area (Å²) >= 11 is 0. The van der Waals surface area contributed by atoms with Crippen molar-refractivity contribution in [2.45, 2.75) is 72.4 Å². The molecule has 6 atom stereocenters. The van der Waals surface area contributed by atoms with Crippen molar-refractivity contribution in [1.29, 1.82) is 0 Å². The molecule has 0 aromatic carbocycles. The third kappa shape index (κ3) is 6.36. The van der Waals surface area contributed by atoms with E-state index in [4.69, 9.17) is 5.11 Å². The molecule has 0 aliphatic rings. The Morgan fingerprint density at radius 3 is 1.65 bits per heavy atom. The zero-order chi connectivity index (χ0) is 20.8. The lowest BCUT2D eigenvalue weighted by Gasteiger charge is -2.27. The van der Waals surface area contributed by atoms with Crippen LogP contribution in [0.2, 0.25) is 0 Å². The van der Waals surface area contributed by atoms with Gasteiger partial charge in [-0.2, -0.15) is 0 Å². The number of carboxylic acids is 1. The van der Waals surface area contributed by atoms with E-state index in [-0.39, 0.29) is 11.5 Å². The largest absolute Gasteiger partial charge is 0.479 e. The van der Waals surface area contributed by atoms with Crippen LogP contribution in [0.15, 0.2) is 34.9 Å². The molecule has 0 heterocycles. The molecule has 0 amide bonds. The minimum atomic E-state index is -2.31. The third-order valence-electron chi connectivity index (χ3n) is 4.83. The lowest BCUT2D eigenvalue weighted by atomic mass is 9.88. The van der Waals surface area contributed by atoms with E-state index in [0.717, 1.165) is 12.5 Å². The highest BCUT2D eigenvalue weighted by molar-refractivity contribution is 5.78. The number of carbonyl (C=O) groups is 1. The molecule has 150 valence electrons. The fraction of sp³-hybridized carbons (Fsp3) is 0.650. The van der Waals surface area contributed by atoms with Crippen molar-refractivity contribution >= 4 is 5.97 Å². The fourth-order valence-electron chi connectivity index (χ4n) is 2.76. The molecular formula is C20H34O6. The SMILES string of the molecule is C/C=C(\C)[C@H](O)[C@@H](C)/C=C(\C)[C@H](O)[C@@H](C)/C=C(\C)[C@H](O)[C@](C)(O)C(=O)O. The first-order valence-electron chi connectivity index (χ1n) is 8.76. The van der Waals surface area contributed by atoms with Gasteiger partial charge >= 0.3 is 5.97 Å². The number of aliphatic hydroxyl groups excluding tert-OH is 3. The van der Waals surface area contributed by atoms with Crippen molar-refractivity contribution in [1.82, 2.24) is 0 Å². The number of hydrogen-bond donors (Lipinski definition) is 5. The van der Waals surface area contributed by atoms with E-state index in [0.29, 0.717) is 5.57 Å². The zero-order valence-electron chi connectivity index (χ0n) is 16.8. The Bertz CT molecular complexity index is 573. The Labute approximate surface area is 156 Å². The summed E-state index contributed by atoms with van der Waals surface area (Å²) < 4.78 is 0. The Balaban J connectivity index is 5.28. The van der Waals surface area contributed by atoms with Crippen LogP contribution in [0.1, 0.15) is 48.5 Å². The smallest absolute Gasteiger partial charge is 0.338 e. The molecule has 0 spiro atoms. The topological polar surface area (TPSA) is 118 Å². The molecule has 0 fully saturated rings. The third-order valence-corrected chi connectivity index (χ3v) is 4.83. The second-order valence-corrected chi connectivity index (χ2v) is 7.32. The number of allylic oxidation sites excluding steroid dienone is 1. The first kappa shape index (κ1) is 24.5. The van der Waals surface area contributed by atoms with Crippen molar-refractivity contribution in [2.75, 3.05) is 0 Å². The van der Waals surface area contributed by atoms with Crippen LogP contribution in [0, 0.1) is 11.8 Å². The molecule has 0 unspecified atom stereocenters. The fourth-order valence-corrected chi connectivity index (χ4v) is 2.76. The Kier molecular flexibility index (Phi) is 9.45. The highest BCUT2D eigenvalue weighted by atomic mass is 16.4. The van der Waals surface area contributed by atoms with Gasteiger partial charge in [0, 0.05) is 11.8 Å². The number of hydrogen-bond acceptors (Lipinski definition) is 5. The first-order chi connectivity index (χ1) is 11.8. The quantitative estimate of drug-likeness (QED) is 0.396. The van der Waals surface area contributed by atoms with Crippen LogP contribution in [0.25, 0.3) is 0 Å². The standard InChI is InChI=1S/C20H34O6/c1-8-11(2)16(21)12(3)9-13(4)17(22)14(5)10-15(6)18(23)20(7,26)19(24)25/h8-10,12,14,16-18,21-23,26H,1-7H3,(H,24,25)/b11-8+,13-9+,15-10+/t12-,14-,16-,17-,18-,20-/m0/s1. The van der Waals surface area contributed by atoms with Gasteiger partial charge in [-0.05, 0) is 51.3 Å². The minimum Gasteiger partial charge on any atom is -0.479 e. The highest BCUT2D eigenvalue weighted by Crippen LogP contribution is 2.23. The summed E-state index contributed by atoms with van der Waals surface area (Å²) in [5.41, 5.74) is -0.538. The van der Waals surface area contributed by atoms with Gasteiger partial charge in [-0.25, -0.2) is 4.79 Å². The molecule has 0 saturated carbocycles. The average Bonchev–Trinajstić information content (AvgIpc) is 2.57. The number of aliphatic hydroxyl groups is 4. The van der Waals surface area contributed by atoms with Crippen LogP contribution in [0.4, 0.5) is 0 Å². The lowest BCUT2D eigenvalue weighted by Crippen LogP contribution is -2.47. The molecule has 0 saturated heterocycles. The van der Waals surface area contributed by atoms with E-state index < -0.39 is 35.8 Å². The van der Waals surface area contributed by atoms with Gasteiger partial charge in [-0.3, -0.25) is 0 Å². The number of carboxylic acid groups (broad SMARTS) is 1. The van der Waals surface area contributed by atoms with Gasteiger partial charge in [0.2, 0.25) is 0 Å². The molecule has 0 radical (unpaired) electrons. The molecule has 0 aromatic rings. The van der Waals surface area contributed by atoms with E-state index in [1.165, 1.54) is 6.92 Å². The van der Waals surface area contributed by atoms with E-state index in [1.807, 2.05) is 26.8 Å². The molecule has 26 heavy (non-hydrogen) atoms. The maximum absolute atomic E-state index is 11.0. The maximum Gasteiger partial charge on any atom is 0.338 e. The van der Waals surface area contributed by atoms with Crippen molar-refractivity contribution in [2.24, 2.45) is 11.8 Å². The number of rotatable bonds is 9. The van der Waals surface area contributed by atoms with Crippen molar-refractivity contribution in [3.8, 4) is 0 Å². The lowest BCUT2D eigenvalue weighted by molar-refractivity contribution is -0.165. The molecule has 5 N–H and O–H groups in total. The van der Waals surface area contributed by atoms with Gasteiger partial charge in [-0.1, -0.05) is 32.1 Å². The van der Waals surface area contributed by atoms with E-state index in [2.05, 4.69) is 0 Å². The molecular weight excluding hydrogens is 336 g/mol. The maximum atomic E-state index is 11.0. The van der Waals surface area contributed by atoms with E-state index >= 15 is 0 Å².